The van der Waals surface area contributed by atoms with Crippen molar-refractivity contribution in [2.45, 2.75) is 19.4 Å². The molecule has 16 heavy (non-hydrogen) atoms. The molecule has 1 fully saturated rings. The summed E-state index contributed by atoms with van der Waals surface area (Å²) < 4.78 is 4.76. The monoisotopic (exact) mass is 230 g/mol. The number of hydrogen-bond acceptors (Lipinski definition) is 4. The van der Waals surface area contributed by atoms with E-state index in [-0.39, 0.29) is 6.04 Å². The molecule has 0 aromatic rings. The summed E-state index contributed by atoms with van der Waals surface area (Å²) in [6, 6.07) is -0.154. The highest BCUT2D eigenvalue weighted by Gasteiger charge is 2.30. The average Bonchev–Trinajstić information content (AvgIpc) is 2.16. The van der Waals surface area contributed by atoms with Crippen LogP contribution in [0.15, 0.2) is 0 Å². The molecule has 0 aromatic carbocycles. The molecule has 92 valence electrons. The predicted octanol–water partition coefficient (Wildman–Crippen LogP) is 0.137. The SMILES string of the molecule is CCOC(=O)NC1CC(C(=O)O)CN(C)C1. The van der Waals surface area contributed by atoms with E-state index in [1.807, 2.05) is 11.9 Å². The molecule has 1 amide bonds. The van der Waals surface area contributed by atoms with Crippen LogP contribution in [0.25, 0.3) is 0 Å². The molecule has 0 radical (unpaired) electrons. The van der Waals surface area contributed by atoms with Crippen LogP contribution in [-0.4, -0.2) is 54.9 Å². The van der Waals surface area contributed by atoms with Crippen LogP contribution >= 0.6 is 0 Å². The zero-order chi connectivity index (χ0) is 12.1. The van der Waals surface area contributed by atoms with Gasteiger partial charge in [0.05, 0.1) is 12.5 Å². The van der Waals surface area contributed by atoms with Crippen molar-refractivity contribution < 1.29 is 19.4 Å². The highest BCUT2D eigenvalue weighted by atomic mass is 16.5. The summed E-state index contributed by atoms with van der Waals surface area (Å²) in [6.07, 6.45) is -0.0229. The van der Waals surface area contributed by atoms with Crippen molar-refractivity contribution in [2.24, 2.45) is 5.92 Å². The van der Waals surface area contributed by atoms with Gasteiger partial charge >= 0.3 is 12.1 Å². The van der Waals surface area contributed by atoms with Crippen molar-refractivity contribution >= 4 is 12.1 Å². The van der Waals surface area contributed by atoms with Crippen molar-refractivity contribution in [1.82, 2.24) is 10.2 Å². The third-order valence-corrected chi connectivity index (χ3v) is 2.58. The van der Waals surface area contributed by atoms with Crippen molar-refractivity contribution in [3.05, 3.63) is 0 Å². The molecule has 6 nitrogen and oxygen atoms in total. The lowest BCUT2D eigenvalue weighted by molar-refractivity contribution is -0.143. The van der Waals surface area contributed by atoms with Gasteiger partial charge in [-0.25, -0.2) is 4.79 Å². The van der Waals surface area contributed by atoms with Crippen molar-refractivity contribution in [1.29, 1.82) is 0 Å². The summed E-state index contributed by atoms with van der Waals surface area (Å²) in [5, 5.41) is 11.6. The smallest absolute Gasteiger partial charge is 0.407 e. The fourth-order valence-corrected chi connectivity index (χ4v) is 1.94. The number of carboxylic acids is 1. The number of carbonyl (C=O) groups is 2. The van der Waals surface area contributed by atoms with E-state index in [4.69, 9.17) is 9.84 Å². The van der Waals surface area contributed by atoms with Crippen LogP contribution in [0.1, 0.15) is 13.3 Å². The first-order valence-corrected chi connectivity index (χ1v) is 5.37. The number of nitrogens with zero attached hydrogens (tertiary/aromatic N) is 1. The number of piperidine rings is 1. The molecule has 0 aliphatic carbocycles. The van der Waals surface area contributed by atoms with Gasteiger partial charge in [-0.15, -0.1) is 0 Å². The fraction of sp³-hybridized carbons (Fsp3) is 0.800. The van der Waals surface area contributed by atoms with Gasteiger partial charge < -0.3 is 20.1 Å². The number of likely N-dealkylation sites (N-methyl/N-ethyl adjacent to an activating group) is 1. The van der Waals surface area contributed by atoms with Crippen molar-refractivity contribution in [3.8, 4) is 0 Å². The number of likely N-dealkylation sites (tertiary alicyclic amines) is 1. The highest BCUT2D eigenvalue weighted by Crippen LogP contribution is 2.16. The van der Waals surface area contributed by atoms with Crippen LogP contribution in [0.5, 0.6) is 0 Å². The Morgan fingerprint density at radius 3 is 2.75 bits per heavy atom. The van der Waals surface area contributed by atoms with Gasteiger partial charge in [0.1, 0.15) is 0 Å². The summed E-state index contributed by atoms with van der Waals surface area (Å²) in [5.74, 6) is -1.24. The minimum absolute atomic E-state index is 0.154. The van der Waals surface area contributed by atoms with Gasteiger partial charge in [0.15, 0.2) is 0 Å². The van der Waals surface area contributed by atoms with E-state index in [1.54, 1.807) is 6.92 Å². The minimum atomic E-state index is -0.817. The molecule has 0 aromatic heterocycles. The molecule has 1 aliphatic heterocycles. The normalized spacial score (nSPS) is 26.1. The number of alkyl carbamates (subject to hydrolysis) is 1. The number of carbonyl (C=O) groups excluding carboxylic acids is 1. The van der Waals surface area contributed by atoms with E-state index in [2.05, 4.69) is 5.32 Å². The van der Waals surface area contributed by atoms with Crippen LogP contribution in [0.3, 0.4) is 0 Å². The summed E-state index contributed by atoms with van der Waals surface area (Å²) in [5.41, 5.74) is 0. The number of amides is 1. The Morgan fingerprint density at radius 2 is 2.19 bits per heavy atom. The maximum absolute atomic E-state index is 11.2. The quantitative estimate of drug-likeness (QED) is 0.721. The molecular weight excluding hydrogens is 212 g/mol. The molecule has 2 N–H and O–H groups in total. The Morgan fingerprint density at radius 1 is 1.50 bits per heavy atom. The summed E-state index contributed by atoms with van der Waals surface area (Å²) >= 11 is 0. The number of aliphatic carboxylic acids is 1. The first kappa shape index (κ1) is 12.8. The van der Waals surface area contributed by atoms with E-state index < -0.39 is 18.0 Å². The van der Waals surface area contributed by atoms with Crippen LogP contribution in [-0.2, 0) is 9.53 Å². The summed E-state index contributed by atoms with van der Waals surface area (Å²) in [6.45, 7) is 3.22. The third-order valence-electron chi connectivity index (χ3n) is 2.58. The second-order valence-corrected chi connectivity index (χ2v) is 4.05. The van der Waals surface area contributed by atoms with Gasteiger partial charge in [0.25, 0.3) is 0 Å². The summed E-state index contributed by atoms with van der Waals surface area (Å²) in [7, 11) is 1.84. The lowest BCUT2D eigenvalue weighted by Gasteiger charge is -2.33. The van der Waals surface area contributed by atoms with Crippen LogP contribution in [0, 0.1) is 5.92 Å². The minimum Gasteiger partial charge on any atom is -0.481 e. The zero-order valence-corrected chi connectivity index (χ0v) is 9.60. The number of carboxylic acid groups (broad SMARTS) is 1. The number of nitrogens with one attached hydrogen (secondary N) is 1. The Kier molecular flexibility index (Phi) is 4.54. The van der Waals surface area contributed by atoms with E-state index in [9.17, 15) is 9.59 Å². The molecule has 6 heteroatoms. The maximum Gasteiger partial charge on any atom is 0.407 e. The molecule has 0 spiro atoms. The molecule has 0 saturated carbocycles. The molecule has 2 atom stereocenters. The van der Waals surface area contributed by atoms with E-state index in [0.29, 0.717) is 26.1 Å². The lowest BCUT2D eigenvalue weighted by Crippen LogP contribution is -2.51. The average molecular weight is 230 g/mol. The second kappa shape index (κ2) is 5.69. The highest BCUT2D eigenvalue weighted by molar-refractivity contribution is 5.71. The molecule has 1 heterocycles. The molecule has 1 rings (SSSR count). The van der Waals surface area contributed by atoms with Crippen LogP contribution in [0.2, 0.25) is 0 Å². The molecule has 2 unspecified atom stereocenters. The largest absolute Gasteiger partial charge is 0.481 e. The number of ether oxygens (including phenoxy) is 1. The Balaban J connectivity index is 2.47. The van der Waals surface area contributed by atoms with Gasteiger partial charge in [-0.05, 0) is 20.4 Å². The van der Waals surface area contributed by atoms with E-state index in [0.717, 1.165) is 0 Å². The Labute approximate surface area is 94.6 Å². The van der Waals surface area contributed by atoms with Crippen LogP contribution < -0.4 is 5.32 Å². The lowest BCUT2D eigenvalue weighted by atomic mass is 9.95. The first-order chi connectivity index (χ1) is 7.52. The second-order valence-electron chi connectivity index (χ2n) is 4.05. The molecular formula is C10H18N2O4. The topological polar surface area (TPSA) is 78.9 Å². The Bertz CT molecular complexity index is 270. The molecule has 1 saturated heterocycles. The predicted molar refractivity (Wildman–Crippen MR) is 57.2 cm³/mol. The summed E-state index contributed by atoms with van der Waals surface area (Å²) in [4.78, 5) is 24.0. The van der Waals surface area contributed by atoms with E-state index in [1.165, 1.54) is 0 Å². The molecule has 1 aliphatic rings. The fourth-order valence-electron chi connectivity index (χ4n) is 1.94. The van der Waals surface area contributed by atoms with E-state index >= 15 is 0 Å². The Hall–Kier alpha value is -1.30. The number of hydrogen-bond donors (Lipinski definition) is 2. The van der Waals surface area contributed by atoms with Crippen molar-refractivity contribution in [3.63, 3.8) is 0 Å². The zero-order valence-electron chi connectivity index (χ0n) is 9.60. The molecule has 0 bridgehead atoms. The van der Waals surface area contributed by atoms with Gasteiger partial charge in [0, 0.05) is 19.1 Å². The number of rotatable bonds is 3. The first-order valence-electron chi connectivity index (χ1n) is 5.37. The standard InChI is InChI=1S/C10H18N2O4/c1-3-16-10(15)11-8-4-7(9(13)14)5-12(2)6-8/h7-8H,3-6H2,1-2H3,(H,11,15)(H,13,14). The van der Waals surface area contributed by atoms with Crippen molar-refractivity contribution in [2.75, 3.05) is 26.7 Å². The van der Waals surface area contributed by atoms with Gasteiger partial charge in [-0.2, -0.15) is 0 Å². The third kappa shape index (κ3) is 3.69. The van der Waals surface area contributed by atoms with Gasteiger partial charge in [0.2, 0.25) is 0 Å². The maximum atomic E-state index is 11.2. The van der Waals surface area contributed by atoms with Gasteiger partial charge in [-0.1, -0.05) is 0 Å². The van der Waals surface area contributed by atoms with Gasteiger partial charge in [-0.3, -0.25) is 4.79 Å². The van der Waals surface area contributed by atoms with Crippen LogP contribution in [0.4, 0.5) is 4.79 Å².